The highest BCUT2D eigenvalue weighted by molar-refractivity contribution is 6.46. The van der Waals surface area contributed by atoms with Crippen molar-refractivity contribution in [2.45, 2.75) is 39.0 Å². The minimum absolute atomic E-state index is 0.0301. The number of ether oxygens (including phenoxy) is 2. The molecule has 1 aliphatic rings. The number of ketones is 1. The molecule has 1 aromatic heterocycles. The number of unbranched alkanes of at least 4 members (excludes halogenated alkanes) is 1. The van der Waals surface area contributed by atoms with Crippen LogP contribution < -0.4 is 9.47 Å². The topological polar surface area (TPSA) is 89.0 Å². The molecule has 7 nitrogen and oxygen atoms in total. The SMILES string of the molecule is CCCCOc1cccc(C(O)=C2C(=O)C(=O)N(Cc3cccnc3)C2c2ccc(OCc3ccccc3)cc2)c1. The number of hydrogen-bond acceptors (Lipinski definition) is 6. The summed E-state index contributed by atoms with van der Waals surface area (Å²) in [6.45, 7) is 3.20. The molecule has 4 aromatic rings. The second kappa shape index (κ2) is 13.0. The summed E-state index contributed by atoms with van der Waals surface area (Å²) in [6.07, 6.45) is 5.21. The molecule has 0 spiro atoms. The summed E-state index contributed by atoms with van der Waals surface area (Å²) >= 11 is 0. The molecule has 1 N–H and O–H groups in total. The first-order chi connectivity index (χ1) is 20.0. The quantitative estimate of drug-likeness (QED) is 0.100. The van der Waals surface area contributed by atoms with Crippen LogP contribution in [0.3, 0.4) is 0 Å². The Kier molecular flexibility index (Phi) is 8.74. The summed E-state index contributed by atoms with van der Waals surface area (Å²) in [4.78, 5) is 32.4. The minimum Gasteiger partial charge on any atom is -0.507 e. The maximum Gasteiger partial charge on any atom is 0.295 e. The average molecular weight is 549 g/mol. The highest BCUT2D eigenvalue weighted by Crippen LogP contribution is 2.41. The van der Waals surface area contributed by atoms with Gasteiger partial charge in [-0.3, -0.25) is 14.6 Å². The predicted molar refractivity (Wildman–Crippen MR) is 156 cm³/mol. The number of carbonyl (C=O) groups is 2. The number of carbonyl (C=O) groups excluding carboxylic acids is 2. The zero-order valence-corrected chi connectivity index (χ0v) is 22.9. The van der Waals surface area contributed by atoms with E-state index >= 15 is 0 Å². The molecule has 1 aliphatic heterocycles. The molecule has 1 amide bonds. The Hall–Kier alpha value is -4.91. The molecule has 1 unspecified atom stereocenters. The normalized spacial score (nSPS) is 16.1. The summed E-state index contributed by atoms with van der Waals surface area (Å²) in [5, 5.41) is 11.5. The third-order valence-corrected chi connectivity index (χ3v) is 6.93. The van der Waals surface area contributed by atoms with Gasteiger partial charge in [0.1, 0.15) is 23.9 Å². The van der Waals surface area contributed by atoms with Gasteiger partial charge in [-0.15, -0.1) is 0 Å². The van der Waals surface area contributed by atoms with Gasteiger partial charge >= 0.3 is 0 Å². The van der Waals surface area contributed by atoms with Crippen molar-refractivity contribution in [1.29, 1.82) is 0 Å². The van der Waals surface area contributed by atoms with E-state index in [2.05, 4.69) is 11.9 Å². The van der Waals surface area contributed by atoms with E-state index in [0.717, 1.165) is 24.0 Å². The molecular formula is C34H32N2O5. The molecular weight excluding hydrogens is 516 g/mol. The van der Waals surface area contributed by atoms with E-state index in [1.807, 2.05) is 60.7 Å². The third-order valence-electron chi connectivity index (χ3n) is 6.93. The first kappa shape index (κ1) is 27.6. The van der Waals surface area contributed by atoms with Gasteiger partial charge in [-0.2, -0.15) is 0 Å². The molecule has 0 aliphatic carbocycles. The fourth-order valence-electron chi connectivity index (χ4n) is 4.79. The van der Waals surface area contributed by atoms with Gasteiger partial charge in [0, 0.05) is 24.5 Å². The molecule has 1 saturated heterocycles. The van der Waals surface area contributed by atoms with Crippen molar-refractivity contribution in [3.05, 3.63) is 131 Å². The van der Waals surface area contributed by atoms with Crippen LogP contribution in [0.2, 0.25) is 0 Å². The van der Waals surface area contributed by atoms with E-state index in [9.17, 15) is 14.7 Å². The van der Waals surface area contributed by atoms with Gasteiger partial charge in [0.25, 0.3) is 11.7 Å². The van der Waals surface area contributed by atoms with Gasteiger partial charge in [-0.25, -0.2) is 0 Å². The van der Waals surface area contributed by atoms with Crippen molar-refractivity contribution in [1.82, 2.24) is 9.88 Å². The molecule has 1 fully saturated rings. The summed E-state index contributed by atoms with van der Waals surface area (Å²) in [7, 11) is 0. The standard InChI is InChI=1S/C34H32N2O5/c1-2-3-19-40-29-13-7-12-27(20-29)32(37)30-31(36(34(39)33(30)38)22-25-11-8-18-35-21-25)26-14-16-28(17-15-26)41-23-24-9-5-4-6-10-24/h4-18,20-21,31,37H,2-3,19,22-23H2,1H3. The number of hydrogen-bond donors (Lipinski definition) is 1. The largest absolute Gasteiger partial charge is 0.507 e. The van der Waals surface area contributed by atoms with Gasteiger partial charge in [0.2, 0.25) is 0 Å². The Morgan fingerprint density at radius 2 is 1.66 bits per heavy atom. The molecule has 208 valence electrons. The number of aliphatic hydroxyl groups is 1. The zero-order chi connectivity index (χ0) is 28.6. The lowest BCUT2D eigenvalue weighted by Gasteiger charge is -2.25. The van der Waals surface area contributed by atoms with Crippen molar-refractivity contribution in [3.63, 3.8) is 0 Å². The maximum absolute atomic E-state index is 13.4. The van der Waals surface area contributed by atoms with E-state index in [1.54, 1.807) is 42.7 Å². The molecule has 2 heterocycles. The molecule has 7 heteroatoms. The first-order valence-electron chi connectivity index (χ1n) is 13.7. The maximum atomic E-state index is 13.4. The highest BCUT2D eigenvalue weighted by atomic mass is 16.5. The summed E-state index contributed by atoms with van der Waals surface area (Å²) in [5.41, 5.74) is 2.93. The van der Waals surface area contributed by atoms with Crippen LogP contribution in [0.4, 0.5) is 0 Å². The number of pyridine rings is 1. The number of nitrogens with zero attached hydrogens (tertiary/aromatic N) is 2. The van der Waals surface area contributed by atoms with Gasteiger partial charge < -0.3 is 19.5 Å². The second-order valence-corrected chi connectivity index (χ2v) is 9.86. The molecule has 0 radical (unpaired) electrons. The molecule has 3 aromatic carbocycles. The van der Waals surface area contributed by atoms with E-state index in [-0.39, 0.29) is 17.9 Å². The lowest BCUT2D eigenvalue weighted by Crippen LogP contribution is -2.29. The Balaban J connectivity index is 1.49. The van der Waals surface area contributed by atoms with Crippen LogP contribution in [0.25, 0.3) is 5.76 Å². The number of rotatable bonds is 11. The lowest BCUT2D eigenvalue weighted by atomic mass is 9.95. The Morgan fingerprint density at radius 3 is 2.39 bits per heavy atom. The van der Waals surface area contributed by atoms with Crippen molar-refractivity contribution in [2.75, 3.05) is 6.61 Å². The predicted octanol–water partition coefficient (Wildman–Crippen LogP) is 6.46. The molecule has 5 rings (SSSR count). The number of Topliss-reactive ketones (excluding diaryl/α,β-unsaturated/α-hetero) is 1. The zero-order valence-electron chi connectivity index (χ0n) is 22.9. The van der Waals surface area contributed by atoms with Crippen LogP contribution >= 0.6 is 0 Å². The second-order valence-electron chi connectivity index (χ2n) is 9.86. The smallest absolute Gasteiger partial charge is 0.295 e. The summed E-state index contributed by atoms with van der Waals surface area (Å²) in [5.74, 6) is -0.423. The molecule has 0 saturated carbocycles. The summed E-state index contributed by atoms with van der Waals surface area (Å²) in [6, 6.07) is 26.9. The van der Waals surface area contributed by atoms with E-state index in [1.165, 1.54) is 4.90 Å². The number of likely N-dealkylation sites (tertiary alicyclic amines) is 1. The molecule has 41 heavy (non-hydrogen) atoms. The number of amides is 1. The van der Waals surface area contributed by atoms with Crippen LogP contribution in [0.5, 0.6) is 11.5 Å². The minimum atomic E-state index is -0.803. The van der Waals surface area contributed by atoms with E-state index < -0.39 is 17.7 Å². The van der Waals surface area contributed by atoms with Crippen LogP contribution in [0, 0.1) is 0 Å². The first-order valence-corrected chi connectivity index (χ1v) is 13.7. The lowest BCUT2D eigenvalue weighted by molar-refractivity contribution is -0.140. The van der Waals surface area contributed by atoms with Crippen molar-refractivity contribution in [2.24, 2.45) is 0 Å². The van der Waals surface area contributed by atoms with Crippen molar-refractivity contribution < 1.29 is 24.2 Å². The van der Waals surface area contributed by atoms with E-state index in [0.29, 0.717) is 35.8 Å². The molecule has 0 bridgehead atoms. The fourth-order valence-corrected chi connectivity index (χ4v) is 4.79. The van der Waals surface area contributed by atoms with Crippen molar-refractivity contribution >= 4 is 17.4 Å². The average Bonchev–Trinajstić information content (AvgIpc) is 3.26. The van der Waals surface area contributed by atoms with Gasteiger partial charge in [-0.1, -0.05) is 74.0 Å². The Bertz CT molecular complexity index is 1520. The fraction of sp³-hybridized carbons (Fsp3) is 0.206. The van der Waals surface area contributed by atoms with Crippen LogP contribution in [-0.2, 0) is 22.7 Å². The Morgan fingerprint density at radius 1 is 0.878 bits per heavy atom. The van der Waals surface area contributed by atoms with Gasteiger partial charge in [0.05, 0.1) is 18.2 Å². The summed E-state index contributed by atoms with van der Waals surface area (Å²) < 4.78 is 11.8. The third kappa shape index (κ3) is 6.47. The molecule has 1 atom stereocenters. The van der Waals surface area contributed by atoms with Crippen LogP contribution in [0.15, 0.2) is 109 Å². The number of aromatic nitrogens is 1. The van der Waals surface area contributed by atoms with Crippen LogP contribution in [0.1, 0.15) is 48.1 Å². The highest BCUT2D eigenvalue weighted by Gasteiger charge is 2.46. The van der Waals surface area contributed by atoms with Crippen molar-refractivity contribution in [3.8, 4) is 11.5 Å². The Labute approximate surface area is 239 Å². The van der Waals surface area contributed by atoms with Gasteiger partial charge in [0.15, 0.2) is 0 Å². The monoisotopic (exact) mass is 548 g/mol. The van der Waals surface area contributed by atoms with Crippen LogP contribution in [-0.4, -0.2) is 33.3 Å². The number of benzene rings is 3. The van der Waals surface area contributed by atoms with E-state index in [4.69, 9.17) is 9.47 Å². The van der Waals surface area contributed by atoms with Gasteiger partial charge in [-0.05, 0) is 53.4 Å². The number of aliphatic hydroxyl groups excluding tert-OH is 1.